The lowest BCUT2D eigenvalue weighted by atomic mass is 9.77. The van der Waals surface area contributed by atoms with Crippen LogP contribution in [0.4, 0.5) is 23.3 Å². The molecule has 1 aliphatic carbocycles. The molecule has 6 rings (SSSR count). The van der Waals surface area contributed by atoms with E-state index in [1.807, 2.05) is 37.5 Å². The predicted molar refractivity (Wildman–Crippen MR) is 144 cm³/mol. The minimum atomic E-state index is -0.333. The van der Waals surface area contributed by atoms with Crippen LogP contribution < -0.4 is 20.4 Å². The van der Waals surface area contributed by atoms with Crippen molar-refractivity contribution in [1.29, 1.82) is 0 Å². The molecular weight excluding hydrogens is 468 g/mol. The number of nitrogens with one attached hydrogen (secondary N) is 2. The number of fused-ring (bicyclic) bond motifs is 4. The summed E-state index contributed by atoms with van der Waals surface area (Å²) in [5.41, 5.74) is 1.93. The number of hydrogen-bond acceptors (Lipinski definition) is 9. The second-order valence-corrected chi connectivity index (χ2v) is 10.8. The molecule has 2 aromatic rings. The molecular formula is C27H36N8O2. The summed E-state index contributed by atoms with van der Waals surface area (Å²) >= 11 is 0. The summed E-state index contributed by atoms with van der Waals surface area (Å²) in [4.78, 5) is 33.7. The molecule has 0 radical (unpaired) electrons. The SMILES string of the molecule is C[C@H](O)CN1CCN(c2ccc(Nc3ncc4c(n3)N3C(C=C4)C(=O)NCC34CCCCC4)nc2)CC1. The molecule has 0 bridgehead atoms. The van der Waals surface area contributed by atoms with E-state index in [9.17, 15) is 9.90 Å². The number of amides is 1. The maximum atomic E-state index is 12.8. The lowest BCUT2D eigenvalue weighted by Gasteiger charge is -2.54. The number of carbonyl (C=O) groups excluding carboxylic acids is 1. The molecule has 1 saturated carbocycles. The van der Waals surface area contributed by atoms with Crippen LogP contribution in [0.15, 0.2) is 30.6 Å². The molecule has 2 aromatic heterocycles. The number of aromatic nitrogens is 3. The Labute approximate surface area is 217 Å². The summed E-state index contributed by atoms with van der Waals surface area (Å²) in [5, 5.41) is 16.1. The Balaban J connectivity index is 1.18. The van der Waals surface area contributed by atoms with Crippen LogP contribution in [0.2, 0.25) is 0 Å². The smallest absolute Gasteiger partial charge is 0.246 e. The van der Waals surface area contributed by atoms with Crippen LogP contribution in [0.1, 0.15) is 44.6 Å². The fourth-order valence-electron chi connectivity index (χ4n) is 6.28. The van der Waals surface area contributed by atoms with Crippen LogP contribution in [-0.4, -0.2) is 87.8 Å². The maximum absolute atomic E-state index is 12.8. The van der Waals surface area contributed by atoms with Crippen molar-refractivity contribution in [2.75, 3.05) is 54.4 Å². The number of aliphatic hydroxyl groups is 1. The van der Waals surface area contributed by atoms with Gasteiger partial charge in [-0.1, -0.05) is 31.4 Å². The second kappa shape index (κ2) is 9.90. The van der Waals surface area contributed by atoms with Crippen molar-refractivity contribution in [3.05, 3.63) is 36.2 Å². The summed E-state index contributed by atoms with van der Waals surface area (Å²) in [7, 11) is 0. The molecule has 2 saturated heterocycles. The van der Waals surface area contributed by atoms with E-state index in [2.05, 4.69) is 41.4 Å². The molecule has 196 valence electrons. The topological polar surface area (TPSA) is 110 Å². The lowest BCUT2D eigenvalue weighted by Crippen LogP contribution is -2.69. The molecule has 1 unspecified atom stereocenters. The second-order valence-electron chi connectivity index (χ2n) is 10.8. The van der Waals surface area contributed by atoms with Gasteiger partial charge in [0.25, 0.3) is 0 Å². The van der Waals surface area contributed by atoms with E-state index in [-0.39, 0.29) is 23.6 Å². The van der Waals surface area contributed by atoms with Crippen LogP contribution >= 0.6 is 0 Å². The zero-order chi connectivity index (χ0) is 25.4. The van der Waals surface area contributed by atoms with Crippen LogP contribution in [0, 0.1) is 0 Å². The van der Waals surface area contributed by atoms with Gasteiger partial charge in [0.15, 0.2) is 0 Å². The highest BCUT2D eigenvalue weighted by Gasteiger charge is 2.49. The van der Waals surface area contributed by atoms with Crippen molar-refractivity contribution in [3.63, 3.8) is 0 Å². The monoisotopic (exact) mass is 504 g/mol. The third-order valence-electron chi connectivity index (χ3n) is 8.16. The third kappa shape index (κ3) is 4.75. The van der Waals surface area contributed by atoms with Gasteiger partial charge in [-0.25, -0.2) is 9.97 Å². The first kappa shape index (κ1) is 24.1. The first-order valence-corrected chi connectivity index (χ1v) is 13.5. The summed E-state index contributed by atoms with van der Waals surface area (Å²) in [6.45, 7) is 6.90. The van der Waals surface area contributed by atoms with Crippen molar-refractivity contribution in [2.45, 2.75) is 56.7 Å². The van der Waals surface area contributed by atoms with Crippen LogP contribution in [0.5, 0.6) is 0 Å². The molecule has 5 heterocycles. The number of carbonyl (C=O) groups is 1. The first-order chi connectivity index (χ1) is 18.0. The van der Waals surface area contributed by atoms with Gasteiger partial charge in [-0.15, -0.1) is 0 Å². The highest BCUT2D eigenvalue weighted by Crippen LogP contribution is 2.42. The molecule has 4 aliphatic rings. The number of hydrogen-bond donors (Lipinski definition) is 3. The van der Waals surface area contributed by atoms with E-state index < -0.39 is 0 Å². The molecule has 2 atom stereocenters. The van der Waals surface area contributed by atoms with Gasteiger partial charge in [0.2, 0.25) is 11.9 Å². The van der Waals surface area contributed by atoms with Gasteiger partial charge in [0, 0.05) is 51.0 Å². The highest BCUT2D eigenvalue weighted by atomic mass is 16.3. The van der Waals surface area contributed by atoms with E-state index in [0.717, 1.165) is 62.6 Å². The standard InChI is InChI=1S/C27H36N8O2/c1-19(36)17-33-11-13-34(14-12-33)21-6-8-23(28-16-21)31-26-29-15-20-5-7-22-25(37)30-18-27(9-3-2-4-10-27)35(22)24(20)32-26/h5-8,15-16,19,22,36H,2-4,9-14,17-18H2,1H3,(H,30,37)(H,28,29,31,32)/t19-,22?/m0/s1. The third-order valence-corrected chi connectivity index (χ3v) is 8.16. The van der Waals surface area contributed by atoms with Crippen molar-refractivity contribution in [1.82, 2.24) is 25.2 Å². The Bertz CT molecular complexity index is 1150. The molecule has 10 nitrogen and oxygen atoms in total. The van der Waals surface area contributed by atoms with E-state index in [4.69, 9.17) is 4.98 Å². The zero-order valence-electron chi connectivity index (χ0n) is 21.4. The fourth-order valence-corrected chi connectivity index (χ4v) is 6.28. The van der Waals surface area contributed by atoms with Gasteiger partial charge < -0.3 is 25.5 Å². The first-order valence-electron chi connectivity index (χ1n) is 13.5. The van der Waals surface area contributed by atoms with Crippen LogP contribution in [0.3, 0.4) is 0 Å². The van der Waals surface area contributed by atoms with E-state index in [0.29, 0.717) is 18.3 Å². The van der Waals surface area contributed by atoms with Crippen molar-refractivity contribution in [3.8, 4) is 0 Å². The van der Waals surface area contributed by atoms with E-state index in [1.165, 1.54) is 19.3 Å². The van der Waals surface area contributed by atoms with E-state index >= 15 is 0 Å². The Morgan fingerprint density at radius 2 is 1.95 bits per heavy atom. The molecule has 1 amide bonds. The number of piperazine rings is 2. The minimum absolute atomic E-state index is 0.0372. The normalized spacial score (nSPS) is 23.8. The van der Waals surface area contributed by atoms with Crippen LogP contribution in [0.25, 0.3) is 6.08 Å². The predicted octanol–water partition coefficient (Wildman–Crippen LogP) is 2.15. The van der Waals surface area contributed by atoms with Crippen molar-refractivity contribution < 1.29 is 9.90 Å². The maximum Gasteiger partial charge on any atom is 0.246 e. The van der Waals surface area contributed by atoms with Gasteiger partial charge in [0.1, 0.15) is 17.7 Å². The lowest BCUT2D eigenvalue weighted by molar-refractivity contribution is -0.123. The number of pyridine rings is 1. The molecule has 3 N–H and O–H groups in total. The Kier molecular flexibility index (Phi) is 6.46. The average Bonchev–Trinajstić information content (AvgIpc) is 2.92. The fraction of sp³-hybridized carbons (Fsp3) is 0.556. The molecule has 0 aromatic carbocycles. The molecule has 37 heavy (non-hydrogen) atoms. The largest absolute Gasteiger partial charge is 0.392 e. The number of anilines is 4. The molecule has 3 fully saturated rings. The number of aliphatic hydroxyl groups excluding tert-OH is 1. The van der Waals surface area contributed by atoms with Gasteiger partial charge in [0.05, 0.1) is 23.5 Å². The summed E-state index contributed by atoms with van der Waals surface area (Å²) < 4.78 is 0. The Morgan fingerprint density at radius 1 is 1.14 bits per heavy atom. The van der Waals surface area contributed by atoms with Gasteiger partial charge in [-0.3, -0.25) is 9.69 Å². The summed E-state index contributed by atoms with van der Waals surface area (Å²) in [5.74, 6) is 2.03. The van der Waals surface area contributed by atoms with Gasteiger partial charge >= 0.3 is 0 Å². The molecule has 10 heteroatoms. The number of rotatable bonds is 5. The number of nitrogens with zero attached hydrogens (tertiary/aromatic N) is 6. The van der Waals surface area contributed by atoms with Crippen LogP contribution in [-0.2, 0) is 4.79 Å². The van der Waals surface area contributed by atoms with Crippen molar-refractivity contribution in [2.24, 2.45) is 0 Å². The minimum Gasteiger partial charge on any atom is -0.392 e. The number of β-amino-alcohol motifs (C(OH)–C–C–N with tert-alkyl or cyclic N) is 1. The zero-order valence-corrected chi connectivity index (χ0v) is 21.4. The molecule has 3 aliphatic heterocycles. The summed E-state index contributed by atoms with van der Waals surface area (Å²) in [6, 6.07) is 3.70. The van der Waals surface area contributed by atoms with Crippen molar-refractivity contribution >= 4 is 35.3 Å². The van der Waals surface area contributed by atoms with E-state index in [1.54, 1.807) is 0 Å². The van der Waals surface area contributed by atoms with Gasteiger partial charge in [-0.2, -0.15) is 4.98 Å². The highest BCUT2D eigenvalue weighted by molar-refractivity contribution is 5.93. The van der Waals surface area contributed by atoms with Gasteiger partial charge in [-0.05, 0) is 31.9 Å². The Morgan fingerprint density at radius 3 is 2.68 bits per heavy atom. The molecule has 1 spiro atoms. The average molecular weight is 505 g/mol. The quantitative estimate of drug-likeness (QED) is 0.564. The Hall–Kier alpha value is -3.24. The summed E-state index contributed by atoms with van der Waals surface area (Å²) in [6.07, 6.45) is 13.1.